The first-order chi connectivity index (χ1) is 15.1. The van der Waals surface area contributed by atoms with Crippen LogP contribution in [-0.2, 0) is 4.79 Å². The summed E-state index contributed by atoms with van der Waals surface area (Å²) in [6.45, 7) is 3.93. The van der Waals surface area contributed by atoms with E-state index in [0.29, 0.717) is 34.9 Å². The predicted molar refractivity (Wildman–Crippen MR) is 120 cm³/mol. The zero-order chi connectivity index (χ0) is 22.1. The van der Waals surface area contributed by atoms with E-state index in [0.717, 1.165) is 0 Å². The summed E-state index contributed by atoms with van der Waals surface area (Å²) in [4.78, 5) is 26.0. The van der Waals surface area contributed by atoms with Crippen LogP contribution < -0.4 is 20.1 Å². The summed E-state index contributed by atoms with van der Waals surface area (Å²) in [6.07, 6.45) is 1.62. The van der Waals surface area contributed by atoms with Crippen LogP contribution in [-0.4, -0.2) is 25.5 Å². The molecule has 0 bridgehead atoms. The summed E-state index contributed by atoms with van der Waals surface area (Å²) >= 11 is 0. The molecule has 3 aromatic rings. The number of hydrogen-bond acceptors (Lipinski definition) is 4. The Labute approximate surface area is 181 Å². The summed E-state index contributed by atoms with van der Waals surface area (Å²) in [5, 5.41) is 5.66. The Kier molecular flexibility index (Phi) is 7.43. The number of nitrogens with one attached hydrogen (secondary N) is 2. The third-order valence-corrected chi connectivity index (χ3v) is 4.49. The molecule has 2 amide bonds. The average molecular weight is 416 g/mol. The van der Waals surface area contributed by atoms with Crippen molar-refractivity contribution in [2.24, 2.45) is 0 Å². The van der Waals surface area contributed by atoms with Gasteiger partial charge in [0.15, 0.2) is 11.5 Å². The molecular weight excluding hydrogens is 392 g/mol. The quantitative estimate of drug-likeness (QED) is 0.508. The van der Waals surface area contributed by atoms with E-state index in [9.17, 15) is 9.59 Å². The average Bonchev–Trinajstić information content (AvgIpc) is 2.82. The number of hydrogen-bond donors (Lipinski definition) is 2. The molecule has 0 fully saturated rings. The van der Waals surface area contributed by atoms with Crippen LogP contribution >= 0.6 is 0 Å². The Morgan fingerprint density at radius 3 is 2.29 bits per heavy atom. The van der Waals surface area contributed by atoms with E-state index in [1.807, 2.05) is 36.4 Å². The summed E-state index contributed by atoms with van der Waals surface area (Å²) < 4.78 is 10.9. The number of carbonyl (C=O) groups is 2. The number of rotatable bonds is 9. The Hall–Kier alpha value is -4.06. The van der Waals surface area contributed by atoms with Crippen LogP contribution in [0.1, 0.15) is 22.0 Å². The van der Waals surface area contributed by atoms with Crippen molar-refractivity contribution in [2.45, 2.75) is 6.04 Å². The van der Waals surface area contributed by atoms with Crippen molar-refractivity contribution in [1.29, 1.82) is 0 Å². The lowest BCUT2D eigenvalue weighted by molar-refractivity contribution is -0.118. The molecule has 3 rings (SSSR count). The highest BCUT2D eigenvalue weighted by molar-refractivity contribution is 6.01. The van der Waals surface area contributed by atoms with Gasteiger partial charge in [0.1, 0.15) is 12.6 Å². The molecule has 0 aliphatic heterocycles. The topological polar surface area (TPSA) is 76.7 Å². The second-order valence-electron chi connectivity index (χ2n) is 6.64. The molecule has 0 aliphatic carbocycles. The SMILES string of the molecule is C=CCOc1ccc(C(=O)NC(C(=O)Nc2ccccc2)c2ccccc2)cc1OC. The monoisotopic (exact) mass is 416 g/mol. The second kappa shape index (κ2) is 10.6. The zero-order valence-electron chi connectivity index (χ0n) is 17.2. The Balaban J connectivity index is 1.83. The maximum atomic E-state index is 13.0. The first-order valence-electron chi connectivity index (χ1n) is 9.76. The van der Waals surface area contributed by atoms with E-state index in [4.69, 9.17) is 9.47 Å². The first-order valence-corrected chi connectivity index (χ1v) is 9.76. The predicted octanol–water partition coefficient (Wildman–Crippen LogP) is 4.37. The number of carbonyl (C=O) groups excluding carboxylic acids is 2. The van der Waals surface area contributed by atoms with E-state index in [1.165, 1.54) is 7.11 Å². The van der Waals surface area contributed by atoms with Gasteiger partial charge in [-0.1, -0.05) is 61.2 Å². The van der Waals surface area contributed by atoms with Crippen LogP contribution in [0.25, 0.3) is 0 Å². The van der Waals surface area contributed by atoms with E-state index in [2.05, 4.69) is 17.2 Å². The molecule has 0 heterocycles. The molecular formula is C25H24N2O4. The maximum absolute atomic E-state index is 13.0. The number of para-hydroxylation sites is 1. The van der Waals surface area contributed by atoms with Crippen molar-refractivity contribution >= 4 is 17.5 Å². The summed E-state index contributed by atoms with van der Waals surface area (Å²) in [5.74, 6) is 0.161. The lowest BCUT2D eigenvalue weighted by Gasteiger charge is -2.19. The molecule has 6 nitrogen and oxygen atoms in total. The Morgan fingerprint density at radius 2 is 1.65 bits per heavy atom. The highest BCUT2D eigenvalue weighted by Crippen LogP contribution is 2.28. The molecule has 1 atom stereocenters. The van der Waals surface area contributed by atoms with E-state index >= 15 is 0 Å². The van der Waals surface area contributed by atoms with Gasteiger partial charge in [-0.25, -0.2) is 0 Å². The standard InChI is InChI=1S/C25H24N2O4/c1-3-16-31-21-15-14-19(17-22(21)30-2)24(28)27-23(18-10-6-4-7-11-18)25(29)26-20-12-8-5-9-13-20/h3-15,17,23H,1,16H2,2H3,(H,26,29)(H,27,28). The normalized spacial score (nSPS) is 11.1. The van der Waals surface area contributed by atoms with Gasteiger partial charge < -0.3 is 20.1 Å². The minimum Gasteiger partial charge on any atom is -0.493 e. The maximum Gasteiger partial charge on any atom is 0.252 e. The second-order valence-corrected chi connectivity index (χ2v) is 6.64. The molecule has 0 aromatic heterocycles. The summed E-state index contributed by atoms with van der Waals surface area (Å²) in [6, 6.07) is 22.1. The van der Waals surface area contributed by atoms with Crippen LogP contribution in [0.5, 0.6) is 11.5 Å². The van der Waals surface area contributed by atoms with Gasteiger partial charge in [0.05, 0.1) is 7.11 Å². The number of amides is 2. The highest BCUT2D eigenvalue weighted by atomic mass is 16.5. The number of benzene rings is 3. The Bertz CT molecular complexity index is 1040. The van der Waals surface area contributed by atoms with Crippen molar-refractivity contribution in [3.8, 4) is 11.5 Å². The van der Waals surface area contributed by atoms with Crippen LogP contribution in [0, 0.1) is 0 Å². The minimum absolute atomic E-state index is 0.317. The molecule has 3 aromatic carbocycles. The summed E-state index contributed by atoms with van der Waals surface area (Å²) in [7, 11) is 1.50. The minimum atomic E-state index is -0.878. The third-order valence-electron chi connectivity index (χ3n) is 4.49. The van der Waals surface area contributed by atoms with Crippen LogP contribution in [0.15, 0.2) is 91.5 Å². The van der Waals surface area contributed by atoms with Gasteiger partial charge >= 0.3 is 0 Å². The van der Waals surface area contributed by atoms with Crippen molar-refractivity contribution in [1.82, 2.24) is 5.32 Å². The fourth-order valence-corrected chi connectivity index (χ4v) is 2.97. The largest absolute Gasteiger partial charge is 0.493 e. The van der Waals surface area contributed by atoms with Gasteiger partial charge in [-0.3, -0.25) is 9.59 Å². The lowest BCUT2D eigenvalue weighted by atomic mass is 10.0. The molecule has 158 valence electrons. The van der Waals surface area contributed by atoms with Crippen molar-refractivity contribution < 1.29 is 19.1 Å². The fourth-order valence-electron chi connectivity index (χ4n) is 2.97. The zero-order valence-corrected chi connectivity index (χ0v) is 17.2. The molecule has 2 N–H and O–H groups in total. The molecule has 6 heteroatoms. The van der Waals surface area contributed by atoms with E-state index < -0.39 is 11.9 Å². The van der Waals surface area contributed by atoms with Crippen molar-refractivity contribution in [2.75, 3.05) is 19.0 Å². The van der Waals surface area contributed by atoms with E-state index in [-0.39, 0.29) is 5.91 Å². The molecule has 1 unspecified atom stereocenters. The van der Waals surface area contributed by atoms with Crippen molar-refractivity contribution in [3.63, 3.8) is 0 Å². The lowest BCUT2D eigenvalue weighted by Crippen LogP contribution is -2.37. The molecule has 31 heavy (non-hydrogen) atoms. The van der Waals surface area contributed by atoms with Gasteiger partial charge in [-0.15, -0.1) is 0 Å². The van der Waals surface area contributed by atoms with Gasteiger partial charge in [0, 0.05) is 11.3 Å². The molecule has 0 radical (unpaired) electrons. The number of anilines is 1. The van der Waals surface area contributed by atoms with Crippen molar-refractivity contribution in [3.05, 3.63) is 103 Å². The van der Waals surface area contributed by atoms with Crippen LogP contribution in [0.3, 0.4) is 0 Å². The molecule has 0 spiro atoms. The smallest absolute Gasteiger partial charge is 0.252 e. The third kappa shape index (κ3) is 5.73. The van der Waals surface area contributed by atoms with E-state index in [1.54, 1.807) is 48.5 Å². The van der Waals surface area contributed by atoms with Gasteiger partial charge in [-0.05, 0) is 35.9 Å². The van der Waals surface area contributed by atoms with Gasteiger partial charge in [0.25, 0.3) is 11.8 Å². The highest BCUT2D eigenvalue weighted by Gasteiger charge is 2.24. The Morgan fingerprint density at radius 1 is 0.968 bits per heavy atom. The number of methoxy groups -OCH3 is 1. The number of ether oxygens (including phenoxy) is 2. The fraction of sp³-hybridized carbons (Fsp3) is 0.120. The van der Waals surface area contributed by atoms with Crippen LogP contribution in [0.2, 0.25) is 0 Å². The molecule has 0 saturated carbocycles. The molecule has 0 saturated heterocycles. The first kappa shape index (κ1) is 21.6. The van der Waals surface area contributed by atoms with Gasteiger partial charge in [-0.2, -0.15) is 0 Å². The molecule has 0 aliphatic rings. The summed E-state index contributed by atoms with van der Waals surface area (Å²) in [5.41, 5.74) is 1.66. The van der Waals surface area contributed by atoms with Gasteiger partial charge in [0.2, 0.25) is 0 Å². The van der Waals surface area contributed by atoms with Crippen LogP contribution in [0.4, 0.5) is 5.69 Å².